The van der Waals surface area contributed by atoms with E-state index in [0.29, 0.717) is 18.6 Å². The minimum Gasteiger partial charge on any atom is -0.388 e. The third-order valence-corrected chi connectivity index (χ3v) is 8.38. The average molecular weight is 475 g/mol. The molecule has 9 heteroatoms. The van der Waals surface area contributed by atoms with E-state index in [1.807, 2.05) is 4.90 Å². The maximum Gasteiger partial charge on any atom is 0.225 e. The van der Waals surface area contributed by atoms with Gasteiger partial charge in [-0.05, 0) is 32.1 Å². The molecule has 0 aromatic heterocycles. The number of nitrogens with zero attached hydrogens (tertiary/aromatic N) is 2. The highest BCUT2D eigenvalue weighted by molar-refractivity contribution is 6.20. The number of halogens is 1. The highest BCUT2D eigenvalue weighted by Crippen LogP contribution is 2.27. The van der Waals surface area contributed by atoms with Gasteiger partial charge in [0.05, 0.1) is 25.6 Å². The van der Waals surface area contributed by atoms with Gasteiger partial charge < -0.3 is 30.5 Å². The van der Waals surface area contributed by atoms with E-state index in [0.717, 1.165) is 45.6 Å². The van der Waals surface area contributed by atoms with Crippen LogP contribution in [0.25, 0.3) is 0 Å². The lowest BCUT2D eigenvalue weighted by atomic mass is 9.89. The van der Waals surface area contributed by atoms with Gasteiger partial charge in [-0.25, -0.2) is 0 Å². The van der Waals surface area contributed by atoms with Crippen LogP contribution in [-0.4, -0.2) is 108 Å². The van der Waals surface area contributed by atoms with Gasteiger partial charge in [0, 0.05) is 43.9 Å². The standard InChI is InChI=1S/C23H41ClN4O4/c24-17-5-3-4-16(12-17)14-25-15-19-23(31)22(30)18(32-19)13-21(29)28-10-8-27(9-11-28)20-6-1-2-7-26-20/h16-20,22-23,25-26,30-31H,1-15H2/p+2. The van der Waals surface area contributed by atoms with Crippen LogP contribution in [0.3, 0.4) is 0 Å². The normalized spacial score (nSPS) is 39.3. The van der Waals surface area contributed by atoms with Crippen LogP contribution >= 0.6 is 11.6 Å². The van der Waals surface area contributed by atoms with Crippen LogP contribution in [0.2, 0.25) is 0 Å². The maximum atomic E-state index is 12.9. The summed E-state index contributed by atoms with van der Waals surface area (Å²) in [5.41, 5.74) is 0. The van der Waals surface area contributed by atoms with Gasteiger partial charge >= 0.3 is 0 Å². The zero-order valence-electron chi connectivity index (χ0n) is 19.3. The molecule has 0 radical (unpaired) electrons. The fourth-order valence-electron chi connectivity index (χ4n) is 5.99. The van der Waals surface area contributed by atoms with Crippen molar-refractivity contribution in [1.29, 1.82) is 0 Å². The molecule has 184 valence electrons. The number of carbonyl (C=O) groups excluding carboxylic acids is 1. The van der Waals surface area contributed by atoms with Crippen LogP contribution < -0.4 is 10.6 Å². The number of nitrogens with two attached hydrogens (primary N) is 2. The number of quaternary nitrogens is 2. The average Bonchev–Trinajstić information content (AvgIpc) is 3.07. The molecule has 1 amide bonds. The molecule has 0 aromatic rings. The third-order valence-electron chi connectivity index (χ3n) is 7.98. The van der Waals surface area contributed by atoms with Crippen LogP contribution in [0.15, 0.2) is 0 Å². The molecule has 1 saturated carbocycles. The fraction of sp³-hybridized carbons (Fsp3) is 0.957. The molecule has 0 aromatic carbocycles. The first-order chi connectivity index (χ1) is 15.5. The number of aliphatic hydroxyl groups is 2. The van der Waals surface area contributed by atoms with Crippen molar-refractivity contribution < 1.29 is 30.4 Å². The van der Waals surface area contributed by atoms with Crippen molar-refractivity contribution >= 4 is 17.5 Å². The van der Waals surface area contributed by atoms with Gasteiger partial charge in [0.25, 0.3) is 0 Å². The van der Waals surface area contributed by atoms with E-state index in [-0.39, 0.29) is 17.7 Å². The van der Waals surface area contributed by atoms with E-state index in [2.05, 4.69) is 15.5 Å². The number of rotatable bonds is 7. The van der Waals surface area contributed by atoms with E-state index >= 15 is 0 Å². The summed E-state index contributed by atoms with van der Waals surface area (Å²) in [5.74, 6) is 0.630. The molecule has 4 aliphatic rings. The Morgan fingerprint density at radius 2 is 1.78 bits per heavy atom. The first-order valence-corrected chi connectivity index (χ1v) is 13.3. The largest absolute Gasteiger partial charge is 0.388 e. The molecule has 32 heavy (non-hydrogen) atoms. The van der Waals surface area contributed by atoms with Gasteiger partial charge in [-0.15, -0.1) is 11.6 Å². The lowest BCUT2D eigenvalue weighted by Crippen LogP contribution is -2.95. The van der Waals surface area contributed by atoms with E-state index in [9.17, 15) is 15.0 Å². The molecule has 7 unspecified atom stereocenters. The number of hydrogen-bond donors (Lipinski definition) is 4. The lowest BCUT2D eigenvalue weighted by Gasteiger charge is -2.39. The smallest absolute Gasteiger partial charge is 0.225 e. The Bertz CT molecular complexity index is 601. The number of piperazine rings is 1. The molecule has 3 aliphatic heterocycles. The number of amides is 1. The van der Waals surface area contributed by atoms with Gasteiger partial charge in [-0.1, -0.05) is 6.42 Å². The number of carbonyl (C=O) groups is 1. The van der Waals surface area contributed by atoms with Crippen molar-refractivity contribution in [3.05, 3.63) is 0 Å². The molecular formula is C23H43ClN4O4+2. The maximum absolute atomic E-state index is 12.9. The van der Waals surface area contributed by atoms with Crippen LogP contribution in [0.5, 0.6) is 0 Å². The van der Waals surface area contributed by atoms with E-state index in [1.54, 1.807) is 0 Å². The second kappa shape index (κ2) is 11.8. The Labute approximate surface area is 197 Å². The van der Waals surface area contributed by atoms with Gasteiger partial charge in [0.2, 0.25) is 5.91 Å². The summed E-state index contributed by atoms with van der Waals surface area (Å²) in [6.45, 7) is 6.05. The van der Waals surface area contributed by atoms with Gasteiger partial charge in [0.1, 0.15) is 31.0 Å². The summed E-state index contributed by atoms with van der Waals surface area (Å²) in [7, 11) is 0. The molecule has 3 heterocycles. The summed E-state index contributed by atoms with van der Waals surface area (Å²) < 4.78 is 5.95. The van der Waals surface area contributed by atoms with Crippen molar-refractivity contribution in [2.24, 2.45) is 5.92 Å². The van der Waals surface area contributed by atoms with E-state index in [1.165, 1.54) is 38.6 Å². The topological polar surface area (TPSA) is 106 Å². The second-order valence-corrected chi connectivity index (χ2v) is 10.9. The summed E-state index contributed by atoms with van der Waals surface area (Å²) in [4.78, 5) is 17.2. The monoisotopic (exact) mass is 474 g/mol. The van der Waals surface area contributed by atoms with Gasteiger partial charge in [-0.2, -0.15) is 0 Å². The van der Waals surface area contributed by atoms with Crippen molar-refractivity contribution in [3.8, 4) is 0 Å². The SMILES string of the molecule is O=C(CC1OC(C[NH2+]CC2CCCC(Cl)C2)C(O)C1O)N1CCN(C2CCCC[NH2+]2)CC1. The van der Waals surface area contributed by atoms with Crippen molar-refractivity contribution in [3.63, 3.8) is 0 Å². The van der Waals surface area contributed by atoms with Gasteiger partial charge in [-0.3, -0.25) is 9.69 Å². The molecule has 0 spiro atoms. The van der Waals surface area contributed by atoms with Gasteiger partial charge in [0.15, 0.2) is 0 Å². The van der Waals surface area contributed by atoms with Crippen LogP contribution in [-0.2, 0) is 9.53 Å². The van der Waals surface area contributed by atoms with Crippen molar-refractivity contribution in [2.45, 2.75) is 87.3 Å². The first kappa shape index (κ1) is 24.6. The molecule has 3 saturated heterocycles. The molecule has 0 bridgehead atoms. The quantitative estimate of drug-likeness (QED) is 0.334. The fourth-order valence-corrected chi connectivity index (χ4v) is 6.39. The molecule has 6 N–H and O–H groups in total. The summed E-state index contributed by atoms with van der Waals surface area (Å²) in [6.07, 6.45) is 6.11. The zero-order valence-corrected chi connectivity index (χ0v) is 20.0. The highest BCUT2D eigenvalue weighted by atomic mass is 35.5. The Hall–Kier alpha value is -0.480. The Kier molecular flexibility index (Phi) is 9.07. The van der Waals surface area contributed by atoms with E-state index in [4.69, 9.17) is 16.3 Å². The molecule has 4 rings (SSSR count). The summed E-state index contributed by atoms with van der Waals surface area (Å²) in [5, 5.41) is 25.8. The Morgan fingerprint density at radius 1 is 1.00 bits per heavy atom. The predicted molar refractivity (Wildman–Crippen MR) is 121 cm³/mol. The summed E-state index contributed by atoms with van der Waals surface area (Å²) >= 11 is 6.29. The van der Waals surface area contributed by atoms with Crippen molar-refractivity contribution in [1.82, 2.24) is 9.80 Å². The number of alkyl halides is 1. The number of ether oxygens (including phenoxy) is 1. The number of hydrogen-bond acceptors (Lipinski definition) is 5. The second-order valence-electron chi connectivity index (χ2n) is 10.3. The minimum atomic E-state index is -1.00. The highest BCUT2D eigenvalue weighted by Gasteiger charge is 2.45. The summed E-state index contributed by atoms with van der Waals surface area (Å²) in [6, 6.07) is 0. The minimum absolute atomic E-state index is 0.0218. The Balaban J connectivity index is 1.17. The first-order valence-electron chi connectivity index (χ1n) is 12.8. The predicted octanol–water partition coefficient (Wildman–Crippen LogP) is -1.56. The molecular weight excluding hydrogens is 432 g/mol. The van der Waals surface area contributed by atoms with Crippen molar-refractivity contribution in [2.75, 3.05) is 45.8 Å². The molecule has 4 fully saturated rings. The van der Waals surface area contributed by atoms with Crippen LogP contribution in [0, 0.1) is 5.92 Å². The molecule has 1 aliphatic carbocycles. The zero-order chi connectivity index (χ0) is 22.5. The lowest BCUT2D eigenvalue weighted by molar-refractivity contribution is -0.717. The van der Waals surface area contributed by atoms with Crippen LogP contribution in [0.4, 0.5) is 0 Å². The van der Waals surface area contributed by atoms with E-state index < -0.39 is 24.4 Å². The molecule has 7 atom stereocenters. The molecule has 8 nitrogen and oxygen atoms in total. The number of piperidine rings is 1. The Morgan fingerprint density at radius 3 is 2.50 bits per heavy atom. The van der Waals surface area contributed by atoms with Crippen LogP contribution in [0.1, 0.15) is 51.4 Å². The third kappa shape index (κ3) is 6.34. The number of aliphatic hydroxyl groups excluding tert-OH is 2.